The van der Waals surface area contributed by atoms with Crippen LogP contribution >= 0.6 is 0 Å². The Morgan fingerprint density at radius 1 is 1.18 bits per heavy atom. The van der Waals surface area contributed by atoms with Crippen LogP contribution in [0.2, 0.25) is 0 Å². The first kappa shape index (κ1) is 25.5. The van der Waals surface area contributed by atoms with Crippen LogP contribution in [0.4, 0.5) is 5.82 Å². The number of aliphatic hydroxyl groups excluding tert-OH is 1. The molecule has 1 heterocycles. The molecule has 0 radical (unpaired) electrons. The molecule has 12 heteroatoms. The molecule has 1 aromatic carbocycles. The fourth-order valence-corrected chi connectivity index (χ4v) is 4.64. The molecular weight excluding hydrogens is 464 g/mol. The number of rotatable bonds is 11. The zero-order valence-corrected chi connectivity index (χ0v) is 19.8. The predicted molar refractivity (Wildman–Crippen MR) is 123 cm³/mol. The van der Waals surface area contributed by atoms with Gasteiger partial charge in [0.2, 0.25) is 5.88 Å². The number of aromatic nitrogens is 2. The number of benzene rings is 1. The van der Waals surface area contributed by atoms with Crippen molar-refractivity contribution < 1.29 is 32.6 Å². The summed E-state index contributed by atoms with van der Waals surface area (Å²) in [6, 6.07) is 5.84. The summed E-state index contributed by atoms with van der Waals surface area (Å²) in [4.78, 5) is 26.7. The first-order chi connectivity index (χ1) is 16.3. The largest absolute Gasteiger partial charge is 0.480 e. The number of nitrogens with one attached hydrogen (secondary N) is 1. The van der Waals surface area contributed by atoms with E-state index in [9.17, 15) is 18.3 Å². The summed E-state index contributed by atoms with van der Waals surface area (Å²) < 4.78 is 34.9. The summed E-state index contributed by atoms with van der Waals surface area (Å²) in [5.74, 6) is -0.205. The Morgan fingerprint density at radius 3 is 2.53 bits per heavy atom. The summed E-state index contributed by atoms with van der Waals surface area (Å²) in [7, 11) is -0.528. The maximum atomic E-state index is 13.0. The zero-order valence-electron chi connectivity index (χ0n) is 19.0. The van der Waals surface area contributed by atoms with Crippen molar-refractivity contribution in [2.45, 2.75) is 42.8 Å². The Morgan fingerprint density at radius 2 is 1.94 bits per heavy atom. The van der Waals surface area contributed by atoms with Gasteiger partial charge < -0.3 is 24.7 Å². The summed E-state index contributed by atoms with van der Waals surface area (Å²) in [5, 5.41) is 16.4. The first-order valence-corrected chi connectivity index (χ1v) is 12.4. The Kier molecular flexibility index (Phi) is 8.91. The molecule has 2 aromatic rings. The zero-order chi connectivity index (χ0) is 24.6. The molecule has 34 heavy (non-hydrogen) atoms. The van der Waals surface area contributed by atoms with Gasteiger partial charge in [0, 0.05) is 25.7 Å². The van der Waals surface area contributed by atoms with Crippen LogP contribution in [0.25, 0.3) is 0 Å². The standard InChI is InChI=1S/C22H28N4O7S/c1-31-10-3-11-34(29,30)18-8-4-15(5-9-18)21(26-33-17-7-6-16(27)12-17)22(28)25-19-13-24-20(32-2)14-23-19/h4-5,8-9,13-14,16-17,27H,3,6-7,10-12H2,1-2H3,(H,23,25,28)/t16-,17-/m1/s1. The summed E-state index contributed by atoms with van der Waals surface area (Å²) in [6.45, 7) is 0.343. The van der Waals surface area contributed by atoms with Crippen LogP contribution in [0.15, 0.2) is 46.7 Å². The number of anilines is 1. The summed E-state index contributed by atoms with van der Waals surface area (Å²) in [5.41, 5.74) is 0.288. The number of ether oxygens (including phenoxy) is 2. The Hall–Kier alpha value is -3.09. The summed E-state index contributed by atoms with van der Waals surface area (Å²) in [6.07, 6.45) is 3.90. The quantitative estimate of drug-likeness (QED) is 0.271. The van der Waals surface area contributed by atoms with E-state index >= 15 is 0 Å². The minimum atomic E-state index is -3.49. The van der Waals surface area contributed by atoms with Crippen molar-refractivity contribution in [2.24, 2.45) is 5.16 Å². The van der Waals surface area contributed by atoms with Crippen molar-refractivity contribution in [1.82, 2.24) is 9.97 Å². The number of oxime groups is 1. The molecule has 1 saturated carbocycles. The van der Waals surface area contributed by atoms with Gasteiger partial charge in [0.15, 0.2) is 21.4 Å². The van der Waals surface area contributed by atoms with Gasteiger partial charge in [-0.1, -0.05) is 17.3 Å². The third kappa shape index (κ3) is 6.95. The van der Waals surface area contributed by atoms with E-state index in [1.54, 1.807) is 0 Å². The van der Waals surface area contributed by atoms with Crippen LogP contribution in [-0.2, 0) is 24.2 Å². The minimum absolute atomic E-state index is 0.0507. The number of carbonyl (C=O) groups is 1. The van der Waals surface area contributed by atoms with Gasteiger partial charge in [0.25, 0.3) is 5.91 Å². The SMILES string of the molecule is COCCCS(=O)(=O)c1ccc(C(=NO[C@@H]2CC[C@@H](O)C2)C(=O)Nc2cnc(OC)cn2)cc1. The Labute approximate surface area is 198 Å². The second-order valence-electron chi connectivity index (χ2n) is 7.72. The third-order valence-electron chi connectivity index (χ3n) is 5.19. The first-order valence-electron chi connectivity index (χ1n) is 10.7. The number of amides is 1. The van der Waals surface area contributed by atoms with Crippen molar-refractivity contribution in [2.75, 3.05) is 31.9 Å². The highest BCUT2D eigenvalue weighted by molar-refractivity contribution is 7.91. The second kappa shape index (κ2) is 11.9. The van der Waals surface area contributed by atoms with E-state index in [-0.39, 0.29) is 34.2 Å². The molecule has 1 aromatic heterocycles. The van der Waals surface area contributed by atoms with Crippen molar-refractivity contribution >= 4 is 27.3 Å². The molecule has 3 rings (SSSR count). The number of nitrogens with zero attached hydrogens (tertiary/aromatic N) is 3. The number of sulfone groups is 1. The molecule has 0 bridgehead atoms. The van der Waals surface area contributed by atoms with Gasteiger partial charge in [-0.2, -0.15) is 0 Å². The summed E-state index contributed by atoms with van der Waals surface area (Å²) >= 11 is 0. The number of methoxy groups -OCH3 is 2. The number of aliphatic hydroxyl groups is 1. The lowest BCUT2D eigenvalue weighted by molar-refractivity contribution is -0.110. The van der Waals surface area contributed by atoms with Gasteiger partial charge in [-0.05, 0) is 31.4 Å². The van der Waals surface area contributed by atoms with Gasteiger partial charge >= 0.3 is 0 Å². The molecule has 0 spiro atoms. The fourth-order valence-electron chi connectivity index (χ4n) is 3.36. The average molecular weight is 493 g/mol. The molecule has 1 aliphatic rings. The van der Waals surface area contributed by atoms with E-state index in [1.807, 2.05) is 0 Å². The van der Waals surface area contributed by atoms with Crippen molar-refractivity contribution in [3.05, 3.63) is 42.2 Å². The van der Waals surface area contributed by atoms with Gasteiger partial charge in [-0.25, -0.2) is 18.4 Å². The highest BCUT2D eigenvalue weighted by atomic mass is 32.2. The Bertz CT molecular complexity index is 1090. The van der Waals surface area contributed by atoms with E-state index in [0.29, 0.717) is 37.9 Å². The highest BCUT2D eigenvalue weighted by Gasteiger charge is 2.26. The molecule has 0 unspecified atom stereocenters. The average Bonchev–Trinajstić information content (AvgIpc) is 3.25. The van der Waals surface area contributed by atoms with Gasteiger partial charge in [0.05, 0.1) is 36.3 Å². The van der Waals surface area contributed by atoms with Gasteiger partial charge in [0.1, 0.15) is 6.10 Å². The van der Waals surface area contributed by atoms with Crippen LogP contribution in [0, 0.1) is 0 Å². The van der Waals surface area contributed by atoms with Crippen molar-refractivity contribution in [3.63, 3.8) is 0 Å². The van der Waals surface area contributed by atoms with Gasteiger partial charge in [-0.15, -0.1) is 0 Å². The number of hydrogen-bond acceptors (Lipinski definition) is 10. The van der Waals surface area contributed by atoms with E-state index in [4.69, 9.17) is 14.3 Å². The molecule has 2 N–H and O–H groups in total. The normalized spacial score (nSPS) is 18.5. The van der Waals surface area contributed by atoms with E-state index in [2.05, 4.69) is 20.4 Å². The number of carbonyl (C=O) groups excluding carboxylic acids is 1. The third-order valence-corrected chi connectivity index (χ3v) is 7.01. The maximum absolute atomic E-state index is 13.0. The van der Waals surface area contributed by atoms with Crippen LogP contribution in [-0.4, -0.2) is 73.9 Å². The lowest BCUT2D eigenvalue weighted by atomic mass is 10.1. The minimum Gasteiger partial charge on any atom is -0.480 e. The molecule has 1 fully saturated rings. The van der Waals surface area contributed by atoms with Crippen LogP contribution in [0.5, 0.6) is 5.88 Å². The monoisotopic (exact) mass is 492 g/mol. The van der Waals surface area contributed by atoms with Crippen LogP contribution in [0.3, 0.4) is 0 Å². The second-order valence-corrected chi connectivity index (χ2v) is 9.83. The smallest absolute Gasteiger partial charge is 0.279 e. The highest BCUT2D eigenvalue weighted by Crippen LogP contribution is 2.22. The predicted octanol–water partition coefficient (Wildman–Crippen LogP) is 1.57. The molecule has 1 amide bonds. The molecular formula is C22H28N4O7S. The van der Waals surface area contributed by atoms with Crippen molar-refractivity contribution in [1.29, 1.82) is 0 Å². The van der Waals surface area contributed by atoms with Gasteiger partial charge in [-0.3, -0.25) is 4.79 Å². The molecule has 0 aliphatic heterocycles. The van der Waals surface area contributed by atoms with E-state index in [0.717, 1.165) is 0 Å². The number of hydrogen-bond donors (Lipinski definition) is 2. The Balaban J connectivity index is 1.81. The molecule has 0 saturated heterocycles. The molecule has 2 atom stereocenters. The van der Waals surface area contributed by atoms with E-state index in [1.165, 1.54) is 50.9 Å². The lowest BCUT2D eigenvalue weighted by Crippen LogP contribution is -2.25. The fraction of sp³-hybridized carbons (Fsp3) is 0.455. The maximum Gasteiger partial charge on any atom is 0.279 e. The molecule has 11 nitrogen and oxygen atoms in total. The molecule has 184 valence electrons. The lowest BCUT2D eigenvalue weighted by Gasteiger charge is -2.12. The van der Waals surface area contributed by atoms with Crippen LogP contribution < -0.4 is 10.1 Å². The van der Waals surface area contributed by atoms with Crippen LogP contribution in [0.1, 0.15) is 31.2 Å². The molecule has 1 aliphatic carbocycles. The van der Waals surface area contributed by atoms with E-state index < -0.39 is 21.8 Å². The topological polar surface area (TPSA) is 149 Å². The van der Waals surface area contributed by atoms with Crippen molar-refractivity contribution in [3.8, 4) is 5.88 Å².